The van der Waals surface area contributed by atoms with Crippen LogP contribution in [0.5, 0.6) is 0 Å². The molecule has 1 aromatic carbocycles. The molecule has 0 atom stereocenters. The first-order valence-electron chi connectivity index (χ1n) is 7.39. The van der Waals surface area contributed by atoms with Gasteiger partial charge in [0.15, 0.2) is 6.29 Å². The van der Waals surface area contributed by atoms with Crippen molar-refractivity contribution >= 4 is 12.3 Å². The van der Waals surface area contributed by atoms with Crippen LogP contribution in [0.3, 0.4) is 0 Å². The van der Waals surface area contributed by atoms with E-state index in [4.69, 9.17) is 5.11 Å². The molecule has 1 N–H and O–H groups in total. The molecule has 22 heavy (non-hydrogen) atoms. The van der Waals surface area contributed by atoms with Crippen LogP contribution in [0.25, 0.3) is 0 Å². The fourth-order valence-corrected chi connectivity index (χ4v) is 2.49. The minimum absolute atomic E-state index is 0.302. The number of unbranched alkanes of at least 4 members (excludes halogenated alkanes) is 1. The fourth-order valence-electron chi connectivity index (χ4n) is 2.49. The smallest absolute Gasteiger partial charge is 0.335 e. The molecule has 5 nitrogen and oxygen atoms in total. The second-order valence-electron chi connectivity index (χ2n) is 5.36. The van der Waals surface area contributed by atoms with Gasteiger partial charge in [0, 0.05) is 13.0 Å². The third-order valence-corrected chi connectivity index (χ3v) is 3.71. The zero-order valence-electron chi connectivity index (χ0n) is 12.9. The molecule has 1 aromatic heterocycles. The number of aldehydes is 1. The molecule has 0 saturated heterocycles. The Bertz CT molecular complexity index is 689. The van der Waals surface area contributed by atoms with Crippen LogP contribution < -0.4 is 0 Å². The summed E-state index contributed by atoms with van der Waals surface area (Å²) in [6, 6.07) is 5.24. The molecule has 116 valence electrons. The van der Waals surface area contributed by atoms with Crippen molar-refractivity contribution in [1.29, 1.82) is 0 Å². The van der Waals surface area contributed by atoms with E-state index in [1.165, 1.54) is 0 Å². The van der Waals surface area contributed by atoms with E-state index in [-0.39, 0.29) is 0 Å². The van der Waals surface area contributed by atoms with Crippen molar-refractivity contribution in [3.8, 4) is 0 Å². The SMILES string of the molecule is CCCCc1ncc(C=O)n1Cc1ccc(C(=O)O)c(C)c1. The van der Waals surface area contributed by atoms with Crippen LogP contribution in [-0.4, -0.2) is 26.9 Å². The molecule has 0 amide bonds. The van der Waals surface area contributed by atoms with Crippen molar-refractivity contribution in [2.24, 2.45) is 0 Å². The number of carboxylic acids is 1. The number of rotatable bonds is 7. The molecule has 0 unspecified atom stereocenters. The Kier molecular flexibility index (Phi) is 5.09. The van der Waals surface area contributed by atoms with E-state index >= 15 is 0 Å². The van der Waals surface area contributed by atoms with Crippen LogP contribution in [0, 0.1) is 6.92 Å². The van der Waals surface area contributed by atoms with Crippen LogP contribution in [0.15, 0.2) is 24.4 Å². The summed E-state index contributed by atoms with van der Waals surface area (Å²) >= 11 is 0. The van der Waals surface area contributed by atoms with Crippen molar-refractivity contribution < 1.29 is 14.7 Å². The zero-order chi connectivity index (χ0) is 16.1. The minimum atomic E-state index is -0.927. The molecule has 0 fully saturated rings. The van der Waals surface area contributed by atoms with Crippen molar-refractivity contribution in [1.82, 2.24) is 9.55 Å². The van der Waals surface area contributed by atoms with Gasteiger partial charge in [-0.1, -0.05) is 25.5 Å². The van der Waals surface area contributed by atoms with Crippen molar-refractivity contribution in [3.63, 3.8) is 0 Å². The van der Waals surface area contributed by atoms with Gasteiger partial charge in [0.25, 0.3) is 0 Å². The lowest BCUT2D eigenvalue weighted by atomic mass is 10.1. The molecule has 0 radical (unpaired) electrons. The summed E-state index contributed by atoms with van der Waals surface area (Å²) in [7, 11) is 0. The molecular formula is C17H20N2O3. The summed E-state index contributed by atoms with van der Waals surface area (Å²) in [5, 5.41) is 9.08. The number of aryl methyl sites for hydroxylation is 2. The van der Waals surface area contributed by atoms with Crippen molar-refractivity contribution in [2.45, 2.75) is 39.7 Å². The lowest BCUT2D eigenvalue weighted by molar-refractivity contribution is 0.0696. The number of carbonyl (C=O) groups is 2. The highest BCUT2D eigenvalue weighted by atomic mass is 16.4. The fraction of sp³-hybridized carbons (Fsp3) is 0.353. The maximum Gasteiger partial charge on any atom is 0.335 e. The number of imidazole rings is 1. The van der Waals surface area contributed by atoms with E-state index in [1.807, 2.05) is 10.6 Å². The largest absolute Gasteiger partial charge is 0.478 e. The third kappa shape index (κ3) is 3.42. The number of hydrogen-bond acceptors (Lipinski definition) is 3. The molecule has 0 bridgehead atoms. The van der Waals surface area contributed by atoms with Crippen LogP contribution in [0.1, 0.15) is 57.6 Å². The Labute approximate surface area is 129 Å². The third-order valence-electron chi connectivity index (χ3n) is 3.71. The number of carbonyl (C=O) groups excluding carboxylic acids is 1. The van der Waals surface area contributed by atoms with Gasteiger partial charge in [-0.25, -0.2) is 9.78 Å². The molecule has 0 aliphatic rings. The number of carboxylic acid groups (broad SMARTS) is 1. The van der Waals surface area contributed by atoms with Crippen LogP contribution in [-0.2, 0) is 13.0 Å². The van der Waals surface area contributed by atoms with Gasteiger partial charge in [0.05, 0.1) is 11.8 Å². The van der Waals surface area contributed by atoms with Crippen LogP contribution >= 0.6 is 0 Å². The van der Waals surface area contributed by atoms with Gasteiger partial charge in [0.2, 0.25) is 0 Å². The monoisotopic (exact) mass is 300 g/mol. The molecule has 2 rings (SSSR count). The van der Waals surface area contributed by atoms with Gasteiger partial charge in [-0.3, -0.25) is 4.79 Å². The summed E-state index contributed by atoms with van der Waals surface area (Å²) in [6.45, 7) is 4.41. The normalized spacial score (nSPS) is 10.6. The van der Waals surface area contributed by atoms with Crippen molar-refractivity contribution in [3.05, 3.63) is 52.6 Å². The van der Waals surface area contributed by atoms with E-state index in [0.29, 0.717) is 23.4 Å². The topological polar surface area (TPSA) is 72.2 Å². The summed E-state index contributed by atoms with van der Waals surface area (Å²) in [5.41, 5.74) is 2.52. The Morgan fingerprint density at radius 1 is 1.41 bits per heavy atom. The highest BCUT2D eigenvalue weighted by Crippen LogP contribution is 2.15. The Hall–Kier alpha value is -2.43. The molecule has 0 aliphatic carbocycles. The summed E-state index contributed by atoms with van der Waals surface area (Å²) in [4.78, 5) is 26.6. The van der Waals surface area contributed by atoms with Crippen LogP contribution in [0.2, 0.25) is 0 Å². The molecule has 2 aromatic rings. The minimum Gasteiger partial charge on any atom is -0.478 e. The lowest BCUT2D eigenvalue weighted by Gasteiger charge is -2.11. The quantitative estimate of drug-likeness (QED) is 0.797. The first-order chi connectivity index (χ1) is 10.6. The highest BCUT2D eigenvalue weighted by Gasteiger charge is 2.12. The van der Waals surface area contributed by atoms with Gasteiger partial charge in [-0.2, -0.15) is 0 Å². The van der Waals surface area contributed by atoms with Gasteiger partial charge in [-0.05, 0) is 30.5 Å². The molecule has 1 heterocycles. The molecule has 0 aliphatic heterocycles. The zero-order valence-corrected chi connectivity index (χ0v) is 12.9. The number of aromatic nitrogens is 2. The van der Waals surface area contributed by atoms with Gasteiger partial charge < -0.3 is 9.67 Å². The molecule has 5 heteroatoms. The average molecular weight is 300 g/mol. The first-order valence-corrected chi connectivity index (χ1v) is 7.39. The Morgan fingerprint density at radius 3 is 2.77 bits per heavy atom. The number of hydrogen-bond donors (Lipinski definition) is 1. The number of aromatic carboxylic acids is 1. The standard InChI is InChI=1S/C17H20N2O3/c1-3-4-5-16-18-9-14(11-20)19(16)10-13-6-7-15(17(21)22)12(2)8-13/h6-9,11H,3-5,10H2,1-2H3,(H,21,22). The second kappa shape index (κ2) is 7.02. The van der Waals surface area contributed by atoms with E-state index in [9.17, 15) is 9.59 Å². The molecule has 0 spiro atoms. The predicted octanol–water partition coefficient (Wildman–Crippen LogP) is 3.09. The van der Waals surface area contributed by atoms with Crippen molar-refractivity contribution in [2.75, 3.05) is 0 Å². The number of nitrogens with zero attached hydrogens (tertiary/aromatic N) is 2. The van der Waals surface area contributed by atoms with Crippen LogP contribution in [0.4, 0.5) is 0 Å². The summed E-state index contributed by atoms with van der Waals surface area (Å²) in [5.74, 6) is -0.0344. The maximum atomic E-state index is 11.2. The predicted molar refractivity (Wildman–Crippen MR) is 83.5 cm³/mol. The average Bonchev–Trinajstić information content (AvgIpc) is 2.86. The van der Waals surface area contributed by atoms with Gasteiger partial charge >= 0.3 is 5.97 Å². The molecular weight excluding hydrogens is 280 g/mol. The number of benzene rings is 1. The Morgan fingerprint density at radius 2 is 2.18 bits per heavy atom. The van der Waals surface area contributed by atoms with E-state index in [0.717, 1.165) is 36.9 Å². The maximum absolute atomic E-state index is 11.2. The van der Waals surface area contributed by atoms with E-state index in [2.05, 4.69) is 11.9 Å². The first kappa shape index (κ1) is 15.9. The van der Waals surface area contributed by atoms with E-state index < -0.39 is 5.97 Å². The summed E-state index contributed by atoms with van der Waals surface area (Å²) in [6.07, 6.45) is 5.32. The highest BCUT2D eigenvalue weighted by molar-refractivity contribution is 5.89. The van der Waals surface area contributed by atoms with E-state index in [1.54, 1.807) is 25.3 Å². The molecule has 0 saturated carbocycles. The van der Waals surface area contributed by atoms with Gasteiger partial charge in [-0.15, -0.1) is 0 Å². The van der Waals surface area contributed by atoms with Gasteiger partial charge in [0.1, 0.15) is 11.5 Å². The second-order valence-corrected chi connectivity index (χ2v) is 5.36. The lowest BCUT2D eigenvalue weighted by Crippen LogP contribution is -2.09. The summed E-state index contributed by atoms with van der Waals surface area (Å²) < 4.78 is 1.90. The Balaban J connectivity index is 2.29.